The fourth-order valence-electron chi connectivity index (χ4n) is 2.33. The highest BCUT2D eigenvalue weighted by Gasteiger charge is 2.03. The molecule has 124 valence electrons. The molecule has 0 amide bonds. The predicted octanol–water partition coefficient (Wildman–Crippen LogP) is 3.11. The van der Waals surface area contributed by atoms with Crippen molar-refractivity contribution in [3.05, 3.63) is 77.1 Å². The van der Waals surface area contributed by atoms with E-state index in [1.165, 1.54) is 4.68 Å². The average molecular weight is 331 g/mol. The van der Waals surface area contributed by atoms with E-state index in [2.05, 4.69) is 16.2 Å². The Morgan fingerprint density at radius 1 is 1.28 bits per heavy atom. The molecule has 1 heterocycles. The molecule has 0 saturated carbocycles. The highest BCUT2D eigenvalue weighted by molar-refractivity contribution is 5.80. The molecule has 0 aliphatic carbocycles. The number of benzene rings is 2. The molecule has 3 rings (SSSR count). The molecule has 2 N–H and O–H groups in total. The summed E-state index contributed by atoms with van der Waals surface area (Å²) in [6, 6.07) is 17.1. The van der Waals surface area contributed by atoms with Crippen LogP contribution >= 0.6 is 0 Å². The molecule has 0 saturated heterocycles. The summed E-state index contributed by atoms with van der Waals surface area (Å²) in [5, 5.41) is 13.4. The fourth-order valence-corrected chi connectivity index (χ4v) is 2.33. The number of hydrogen-bond donors (Lipinski definition) is 1. The van der Waals surface area contributed by atoms with Gasteiger partial charge in [-0.15, -0.1) is 0 Å². The second kappa shape index (κ2) is 7.32. The Bertz CT molecular complexity index is 952. The van der Waals surface area contributed by atoms with Gasteiger partial charge in [-0.2, -0.15) is 10.4 Å². The summed E-state index contributed by atoms with van der Waals surface area (Å²) in [6.07, 6.45) is 3.44. The Labute approximate surface area is 145 Å². The Morgan fingerprint density at radius 3 is 2.88 bits per heavy atom. The van der Waals surface area contributed by atoms with Crippen LogP contribution in [0.5, 0.6) is 5.75 Å². The predicted molar refractivity (Wildman–Crippen MR) is 96.3 cm³/mol. The third kappa shape index (κ3) is 4.03. The fraction of sp³-hybridized carbons (Fsp3) is 0.105. The minimum atomic E-state index is 0.331. The zero-order valence-corrected chi connectivity index (χ0v) is 13.8. The number of nitrogen functional groups attached to an aromatic ring is 1. The van der Waals surface area contributed by atoms with Gasteiger partial charge in [0.25, 0.3) is 0 Å². The van der Waals surface area contributed by atoms with Crippen LogP contribution < -0.4 is 10.5 Å². The first-order valence-electron chi connectivity index (χ1n) is 7.72. The molecule has 0 bridgehead atoms. The van der Waals surface area contributed by atoms with Gasteiger partial charge in [-0.3, -0.25) is 0 Å². The molecule has 0 spiro atoms. The van der Waals surface area contributed by atoms with E-state index in [0.29, 0.717) is 23.9 Å². The summed E-state index contributed by atoms with van der Waals surface area (Å²) in [5.41, 5.74) is 8.91. The number of aryl methyl sites for hydroxylation is 1. The number of aromatic nitrogens is 2. The molecule has 2 aromatic carbocycles. The Hall–Kier alpha value is -3.59. The van der Waals surface area contributed by atoms with Gasteiger partial charge in [-0.05, 0) is 30.7 Å². The number of imidazole rings is 1. The Morgan fingerprint density at radius 2 is 2.12 bits per heavy atom. The molecule has 0 aliphatic heterocycles. The van der Waals surface area contributed by atoms with Crippen molar-refractivity contribution in [3.8, 4) is 11.8 Å². The van der Waals surface area contributed by atoms with Crippen molar-refractivity contribution < 1.29 is 4.74 Å². The summed E-state index contributed by atoms with van der Waals surface area (Å²) < 4.78 is 7.32. The van der Waals surface area contributed by atoms with Crippen LogP contribution in [0.2, 0.25) is 0 Å². The van der Waals surface area contributed by atoms with Crippen LogP contribution in [0, 0.1) is 18.3 Å². The first-order valence-corrected chi connectivity index (χ1v) is 7.72. The molecule has 0 fully saturated rings. The van der Waals surface area contributed by atoms with Gasteiger partial charge in [0.2, 0.25) is 5.95 Å². The second-order valence-corrected chi connectivity index (χ2v) is 5.46. The van der Waals surface area contributed by atoms with Crippen LogP contribution in [0.15, 0.2) is 59.8 Å². The maximum atomic E-state index is 9.12. The van der Waals surface area contributed by atoms with Crippen molar-refractivity contribution in [2.24, 2.45) is 5.10 Å². The molecule has 3 aromatic rings. The maximum absolute atomic E-state index is 9.12. The number of nitrogens with two attached hydrogens (primary N) is 1. The average Bonchev–Trinajstić information content (AvgIpc) is 2.96. The van der Waals surface area contributed by atoms with Gasteiger partial charge >= 0.3 is 0 Å². The lowest BCUT2D eigenvalue weighted by atomic mass is 10.1. The molecule has 25 heavy (non-hydrogen) atoms. The maximum Gasteiger partial charge on any atom is 0.221 e. The molecular formula is C19H17N5O. The van der Waals surface area contributed by atoms with Crippen LogP contribution in [-0.2, 0) is 6.61 Å². The van der Waals surface area contributed by atoms with Crippen molar-refractivity contribution in [1.29, 1.82) is 5.26 Å². The minimum Gasteiger partial charge on any atom is -0.489 e. The number of anilines is 1. The van der Waals surface area contributed by atoms with Gasteiger partial charge in [0, 0.05) is 5.56 Å². The topological polar surface area (TPSA) is 89.2 Å². The van der Waals surface area contributed by atoms with Gasteiger partial charge in [0.05, 0.1) is 29.7 Å². The van der Waals surface area contributed by atoms with Gasteiger partial charge in [0.1, 0.15) is 12.4 Å². The van der Waals surface area contributed by atoms with Crippen molar-refractivity contribution in [2.45, 2.75) is 13.5 Å². The summed E-state index contributed by atoms with van der Waals surface area (Å²) in [6.45, 7) is 2.19. The van der Waals surface area contributed by atoms with Crippen LogP contribution in [0.25, 0.3) is 0 Å². The monoisotopic (exact) mass is 331 g/mol. The van der Waals surface area contributed by atoms with Gasteiger partial charge in [0.15, 0.2) is 0 Å². The Balaban J connectivity index is 1.71. The van der Waals surface area contributed by atoms with E-state index >= 15 is 0 Å². The largest absolute Gasteiger partial charge is 0.489 e. The molecule has 0 aliphatic rings. The summed E-state index contributed by atoms with van der Waals surface area (Å²) in [4.78, 5) is 4.10. The van der Waals surface area contributed by atoms with Crippen LogP contribution in [0.3, 0.4) is 0 Å². The lowest BCUT2D eigenvalue weighted by Gasteiger charge is -2.08. The van der Waals surface area contributed by atoms with Crippen molar-refractivity contribution in [1.82, 2.24) is 9.66 Å². The Kier molecular flexibility index (Phi) is 4.77. The zero-order valence-electron chi connectivity index (χ0n) is 13.8. The van der Waals surface area contributed by atoms with Crippen molar-refractivity contribution >= 4 is 12.2 Å². The van der Waals surface area contributed by atoms with Crippen molar-refractivity contribution in [3.63, 3.8) is 0 Å². The zero-order chi connectivity index (χ0) is 17.6. The van der Waals surface area contributed by atoms with E-state index in [0.717, 1.165) is 16.8 Å². The first kappa shape index (κ1) is 16.3. The summed E-state index contributed by atoms with van der Waals surface area (Å²) >= 11 is 0. The van der Waals surface area contributed by atoms with E-state index < -0.39 is 0 Å². The number of ether oxygens (including phenoxy) is 1. The molecule has 1 aromatic heterocycles. The van der Waals surface area contributed by atoms with E-state index in [9.17, 15) is 0 Å². The third-order valence-electron chi connectivity index (χ3n) is 3.56. The molecule has 0 atom stereocenters. The van der Waals surface area contributed by atoms with Crippen LogP contribution in [-0.4, -0.2) is 15.9 Å². The summed E-state index contributed by atoms with van der Waals surface area (Å²) in [7, 11) is 0. The number of nitrogens with zero attached hydrogens (tertiary/aromatic N) is 4. The lowest BCUT2D eigenvalue weighted by molar-refractivity contribution is 0.306. The second-order valence-electron chi connectivity index (χ2n) is 5.46. The van der Waals surface area contributed by atoms with Gasteiger partial charge in [-0.1, -0.05) is 30.3 Å². The lowest BCUT2D eigenvalue weighted by Crippen LogP contribution is -1.99. The van der Waals surface area contributed by atoms with E-state index in [1.54, 1.807) is 18.5 Å². The summed E-state index contributed by atoms with van der Waals surface area (Å²) in [5.74, 6) is 1.04. The molecule has 6 heteroatoms. The standard InChI is InChI=1S/C19H17N5O/c1-14-12-24(19(21)23-14)22-11-15-5-4-8-18(9-15)25-13-17-7-3-2-6-16(17)10-20/h2-9,11-12H,13H2,1H3,(H2,21,23). The van der Waals surface area contributed by atoms with E-state index in [4.69, 9.17) is 15.7 Å². The highest BCUT2D eigenvalue weighted by atomic mass is 16.5. The van der Waals surface area contributed by atoms with Gasteiger partial charge < -0.3 is 10.5 Å². The SMILES string of the molecule is Cc1cn(N=Cc2cccc(OCc3ccccc3C#N)c2)c(N)n1. The van der Waals surface area contributed by atoms with E-state index in [-0.39, 0.29) is 0 Å². The number of rotatable bonds is 5. The minimum absolute atomic E-state index is 0.331. The highest BCUT2D eigenvalue weighted by Crippen LogP contribution is 2.16. The quantitative estimate of drug-likeness (QED) is 0.727. The molecule has 6 nitrogen and oxygen atoms in total. The van der Waals surface area contributed by atoms with Crippen molar-refractivity contribution in [2.75, 3.05) is 5.73 Å². The van der Waals surface area contributed by atoms with Crippen LogP contribution in [0.4, 0.5) is 5.95 Å². The number of hydrogen-bond acceptors (Lipinski definition) is 5. The smallest absolute Gasteiger partial charge is 0.221 e. The molecular weight excluding hydrogens is 314 g/mol. The molecule has 0 radical (unpaired) electrons. The first-order chi connectivity index (χ1) is 12.2. The van der Waals surface area contributed by atoms with E-state index in [1.807, 2.05) is 49.4 Å². The normalized spacial score (nSPS) is 10.7. The molecule has 0 unspecified atom stereocenters. The van der Waals surface area contributed by atoms with Crippen LogP contribution in [0.1, 0.15) is 22.4 Å². The van der Waals surface area contributed by atoms with Gasteiger partial charge in [-0.25, -0.2) is 9.66 Å². The number of nitriles is 1. The third-order valence-corrected chi connectivity index (χ3v) is 3.56.